The fourth-order valence-electron chi connectivity index (χ4n) is 4.84. The minimum Gasteiger partial charge on any atom is -0.497 e. The molecule has 3 atom stereocenters. The summed E-state index contributed by atoms with van der Waals surface area (Å²) < 4.78 is 11.8. The number of benzene rings is 1. The van der Waals surface area contributed by atoms with Crippen molar-refractivity contribution in [2.45, 2.75) is 71.2 Å². The molecule has 0 radical (unpaired) electrons. The number of hydrogen-bond acceptors (Lipinski definition) is 9. The second-order valence-electron chi connectivity index (χ2n) is 10.7. The highest BCUT2D eigenvalue weighted by Crippen LogP contribution is 2.35. The van der Waals surface area contributed by atoms with Crippen molar-refractivity contribution in [2.75, 3.05) is 19.0 Å². The Morgan fingerprint density at radius 1 is 1.21 bits per heavy atom. The normalized spacial score (nSPS) is 18.1. The number of nitrogens with zero attached hydrogens (tertiary/aromatic N) is 3. The summed E-state index contributed by atoms with van der Waals surface area (Å²) in [7, 11) is 1.59. The van der Waals surface area contributed by atoms with E-state index in [1.54, 1.807) is 7.11 Å². The summed E-state index contributed by atoms with van der Waals surface area (Å²) in [5.41, 5.74) is 8.14. The highest BCUT2D eigenvalue weighted by molar-refractivity contribution is 7.14. The molecule has 4 rings (SSSR count). The first kappa shape index (κ1) is 28.6. The van der Waals surface area contributed by atoms with Gasteiger partial charge in [-0.3, -0.25) is 4.79 Å². The van der Waals surface area contributed by atoms with Gasteiger partial charge in [0.2, 0.25) is 5.91 Å². The van der Waals surface area contributed by atoms with E-state index in [4.69, 9.17) is 20.2 Å². The van der Waals surface area contributed by atoms with Gasteiger partial charge in [-0.1, -0.05) is 13.8 Å². The van der Waals surface area contributed by atoms with Crippen LogP contribution in [0.5, 0.6) is 11.5 Å². The molecule has 1 aromatic carbocycles. The van der Waals surface area contributed by atoms with Crippen molar-refractivity contribution in [2.24, 2.45) is 11.7 Å². The van der Waals surface area contributed by atoms with Gasteiger partial charge >= 0.3 is 5.97 Å². The number of rotatable bonds is 11. The number of ether oxygens (including phenoxy) is 2. The second kappa shape index (κ2) is 12.2. The Hall–Kier alpha value is -3.44. The van der Waals surface area contributed by atoms with Crippen LogP contribution in [-0.2, 0) is 9.59 Å². The molecule has 0 saturated carbocycles. The number of carbonyl (C=O) groups excluding carboxylic acids is 1. The number of carbonyl (C=O) groups is 2. The number of methoxy groups -OCH3 is 1. The van der Waals surface area contributed by atoms with Gasteiger partial charge in [0.1, 0.15) is 29.3 Å². The third-order valence-corrected chi connectivity index (χ3v) is 7.30. The smallest absolute Gasteiger partial charge is 0.326 e. The standard InChI is InChI=1S/C28H37N5O5S/c1-15(2)8-17(29)9-26(34)33-13-19(11-24(33)27(35)36)38-25-12-22(23-14-39-28(32-23)30-16(3)4)31-21-10-18(37-5)6-7-20(21)25/h6-7,10,12,14-17,19,24H,8-9,11,13,29H2,1-5H3,(H,30,32)(H,35,36)/t17-,19+,24-/m0/s1. The number of carboxylic acid groups (broad SMARTS) is 1. The van der Waals surface area contributed by atoms with Crippen molar-refractivity contribution in [1.29, 1.82) is 0 Å². The Labute approximate surface area is 232 Å². The molecule has 1 fully saturated rings. The fraction of sp³-hybridized carbons (Fsp3) is 0.500. The van der Waals surface area contributed by atoms with Crippen LogP contribution in [0.15, 0.2) is 29.6 Å². The Bertz CT molecular complexity index is 1330. The molecule has 2 aromatic heterocycles. The lowest BCUT2D eigenvalue weighted by Gasteiger charge is -2.23. The van der Waals surface area contributed by atoms with Crippen LogP contribution in [0.2, 0.25) is 0 Å². The molecule has 1 aliphatic heterocycles. The van der Waals surface area contributed by atoms with Crippen molar-refractivity contribution in [3.63, 3.8) is 0 Å². The number of carboxylic acids is 1. The first-order chi connectivity index (χ1) is 18.5. The van der Waals surface area contributed by atoms with Crippen LogP contribution in [0, 0.1) is 5.92 Å². The summed E-state index contributed by atoms with van der Waals surface area (Å²) in [5.74, 6) is 0.230. The largest absolute Gasteiger partial charge is 0.497 e. The van der Waals surface area contributed by atoms with E-state index >= 15 is 0 Å². The van der Waals surface area contributed by atoms with Crippen LogP contribution in [0.25, 0.3) is 22.3 Å². The molecule has 0 unspecified atom stereocenters. The zero-order valence-corrected chi connectivity index (χ0v) is 23.8. The predicted molar refractivity (Wildman–Crippen MR) is 152 cm³/mol. The molecule has 11 heteroatoms. The molecule has 10 nitrogen and oxygen atoms in total. The van der Waals surface area contributed by atoms with Crippen LogP contribution in [0.4, 0.5) is 5.13 Å². The van der Waals surface area contributed by atoms with E-state index in [-0.39, 0.29) is 37.4 Å². The number of amides is 1. The first-order valence-corrected chi connectivity index (χ1v) is 14.1. The molecule has 3 aromatic rings. The number of anilines is 1. The minimum atomic E-state index is -1.05. The van der Waals surface area contributed by atoms with Gasteiger partial charge in [0.05, 0.1) is 24.9 Å². The third-order valence-electron chi connectivity index (χ3n) is 6.53. The minimum absolute atomic E-state index is 0.105. The molecule has 1 saturated heterocycles. The second-order valence-corrected chi connectivity index (χ2v) is 11.6. The van der Waals surface area contributed by atoms with E-state index in [9.17, 15) is 14.7 Å². The summed E-state index contributed by atoms with van der Waals surface area (Å²) in [6.07, 6.45) is 0.463. The quantitative estimate of drug-likeness (QED) is 0.314. The van der Waals surface area contributed by atoms with E-state index in [1.807, 2.05) is 57.3 Å². The van der Waals surface area contributed by atoms with Gasteiger partial charge in [0.25, 0.3) is 0 Å². The Balaban J connectivity index is 1.62. The van der Waals surface area contributed by atoms with Gasteiger partial charge in [-0.2, -0.15) is 0 Å². The lowest BCUT2D eigenvalue weighted by Crippen LogP contribution is -2.43. The van der Waals surface area contributed by atoms with Gasteiger partial charge < -0.3 is 30.5 Å². The van der Waals surface area contributed by atoms with E-state index in [0.29, 0.717) is 40.7 Å². The van der Waals surface area contributed by atoms with Crippen LogP contribution < -0.4 is 20.5 Å². The summed E-state index contributed by atoms with van der Waals surface area (Å²) in [5, 5.41) is 16.6. The number of nitrogens with one attached hydrogen (secondary N) is 1. The highest BCUT2D eigenvalue weighted by atomic mass is 32.1. The Morgan fingerprint density at radius 2 is 1.97 bits per heavy atom. The fourth-order valence-corrected chi connectivity index (χ4v) is 5.69. The highest BCUT2D eigenvalue weighted by Gasteiger charge is 2.41. The maximum Gasteiger partial charge on any atom is 0.326 e. The Morgan fingerprint density at radius 3 is 2.64 bits per heavy atom. The van der Waals surface area contributed by atoms with E-state index in [1.165, 1.54) is 16.2 Å². The Kier molecular flexibility index (Phi) is 8.91. The molecule has 1 amide bonds. The van der Waals surface area contributed by atoms with Crippen molar-refractivity contribution in [3.8, 4) is 22.9 Å². The molecule has 0 spiro atoms. The molecule has 39 heavy (non-hydrogen) atoms. The zero-order chi connectivity index (χ0) is 28.3. The van der Waals surface area contributed by atoms with Gasteiger partial charge in [0.15, 0.2) is 5.13 Å². The number of likely N-dealkylation sites (tertiary alicyclic amines) is 1. The SMILES string of the molecule is COc1ccc2c(O[C@@H]3C[C@@H](C(=O)O)N(C(=O)C[C@@H](N)CC(C)C)C3)cc(-c3csc(NC(C)C)n3)nc2c1. The van der Waals surface area contributed by atoms with Crippen molar-refractivity contribution < 1.29 is 24.2 Å². The molecular formula is C28H37N5O5S. The number of aromatic nitrogens is 2. The molecule has 3 heterocycles. The van der Waals surface area contributed by atoms with E-state index in [2.05, 4.69) is 10.3 Å². The molecule has 0 bridgehead atoms. The van der Waals surface area contributed by atoms with Crippen molar-refractivity contribution >= 4 is 39.2 Å². The topological polar surface area (TPSA) is 140 Å². The number of hydrogen-bond donors (Lipinski definition) is 3. The number of pyridine rings is 1. The van der Waals surface area contributed by atoms with Crippen molar-refractivity contribution in [3.05, 3.63) is 29.6 Å². The number of fused-ring (bicyclic) bond motifs is 1. The molecule has 4 N–H and O–H groups in total. The predicted octanol–water partition coefficient (Wildman–Crippen LogP) is 4.38. The number of thiazole rings is 1. The van der Waals surface area contributed by atoms with Crippen LogP contribution >= 0.6 is 11.3 Å². The summed E-state index contributed by atoms with van der Waals surface area (Å²) in [4.78, 5) is 36.0. The average Bonchev–Trinajstić information content (AvgIpc) is 3.50. The molecule has 0 aliphatic carbocycles. The maximum absolute atomic E-state index is 13.0. The number of nitrogens with two attached hydrogens (primary N) is 1. The van der Waals surface area contributed by atoms with Gasteiger partial charge in [-0.25, -0.2) is 14.8 Å². The maximum atomic E-state index is 13.0. The molecule has 210 valence electrons. The molecular weight excluding hydrogens is 518 g/mol. The van der Waals surface area contributed by atoms with Crippen LogP contribution in [0.3, 0.4) is 0 Å². The third kappa shape index (κ3) is 6.96. The molecule has 1 aliphatic rings. The summed E-state index contributed by atoms with van der Waals surface area (Å²) >= 11 is 1.49. The van der Waals surface area contributed by atoms with Crippen LogP contribution in [0.1, 0.15) is 47.0 Å². The van der Waals surface area contributed by atoms with Crippen molar-refractivity contribution in [1.82, 2.24) is 14.9 Å². The zero-order valence-electron chi connectivity index (χ0n) is 23.0. The monoisotopic (exact) mass is 555 g/mol. The van der Waals surface area contributed by atoms with E-state index < -0.39 is 18.1 Å². The van der Waals surface area contributed by atoms with Gasteiger partial charge in [0, 0.05) is 47.8 Å². The lowest BCUT2D eigenvalue weighted by molar-refractivity contribution is -0.148. The lowest BCUT2D eigenvalue weighted by atomic mass is 10.0. The van der Waals surface area contributed by atoms with E-state index in [0.717, 1.165) is 10.5 Å². The van der Waals surface area contributed by atoms with Gasteiger partial charge in [-0.15, -0.1) is 11.3 Å². The van der Waals surface area contributed by atoms with Crippen LogP contribution in [-0.4, -0.2) is 69.7 Å². The number of aliphatic carboxylic acids is 1. The summed E-state index contributed by atoms with van der Waals surface area (Å²) in [6.45, 7) is 8.34. The van der Waals surface area contributed by atoms with Gasteiger partial charge in [-0.05, 0) is 38.3 Å². The average molecular weight is 556 g/mol. The summed E-state index contributed by atoms with van der Waals surface area (Å²) in [6, 6.07) is 6.29. The first-order valence-electron chi connectivity index (χ1n) is 13.2.